The summed E-state index contributed by atoms with van der Waals surface area (Å²) < 4.78 is 0. The van der Waals surface area contributed by atoms with Crippen LogP contribution in [-0.2, 0) is 0 Å². The highest BCUT2D eigenvalue weighted by molar-refractivity contribution is 6.21. The van der Waals surface area contributed by atoms with E-state index in [-0.39, 0.29) is 18.4 Å². The van der Waals surface area contributed by atoms with Gasteiger partial charge in [-0.15, -0.1) is 0 Å². The van der Waals surface area contributed by atoms with E-state index in [1.807, 2.05) is 30.3 Å². The second-order valence-electron chi connectivity index (χ2n) is 5.23. The summed E-state index contributed by atoms with van der Waals surface area (Å²) in [5.74, 6) is -0.586. The van der Waals surface area contributed by atoms with E-state index in [0.29, 0.717) is 17.5 Å². The van der Waals surface area contributed by atoms with Crippen LogP contribution in [0.1, 0.15) is 38.7 Å². The van der Waals surface area contributed by atoms with Gasteiger partial charge in [0.2, 0.25) is 0 Å². The van der Waals surface area contributed by atoms with Gasteiger partial charge in [0.25, 0.3) is 11.8 Å². The third-order valence-electron chi connectivity index (χ3n) is 3.88. The molecule has 2 aromatic rings. The highest BCUT2D eigenvalue weighted by Gasteiger charge is 2.35. The molecule has 1 aliphatic rings. The van der Waals surface area contributed by atoms with Gasteiger partial charge in [-0.1, -0.05) is 47.6 Å². The van der Waals surface area contributed by atoms with Gasteiger partial charge in [-0.2, -0.15) is 0 Å². The van der Waals surface area contributed by atoms with Crippen LogP contribution in [0.25, 0.3) is 10.4 Å². The van der Waals surface area contributed by atoms with E-state index in [4.69, 9.17) is 5.53 Å². The largest absolute Gasteiger partial charge is 0.274 e. The van der Waals surface area contributed by atoms with Crippen LogP contribution in [0, 0.1) is 0 Å². The van der Waals surface area contributed by atoms with Gasteiger partial charge in [-0.3, -0.25) is 14.5 Å². The van der Waals surface area contributed by atoms with E-state index in [0.717, 1.165) is 5.56 Å². The summed E-state index contributed by atoms with van der Waals surface area (Å²) in [5.41, 5.74) is 10.5. The Kier molecular flexibility index (Phi) is 4.08. The number of amides is 2. The molecule has 1 atom stereocenters. The first-order valence-electron chi connectivity index (χ1n) is 7.26. The Morgan fingerprint density at radius 3 is 2.09 bits per heavy atom. The molecule has 2 amide bonds. The average Bonchev–Trinajstić information content (AvgIpc) is 2.84. The minimum absolute atomic E-state index is 0.213. The summed E-state index contributed by atoms with van der Waals surface area (Å²) in [7, 11) is 0. The van der Waals surface area contributed by atoms with Crippen LogP contribution in [0.4, 0.5) is 0 Å². The fourth-order valence-corrected chi connectivity index (χ4v) is 2.72. The summed E-state index contributed by atoms with van der Waals surface area (Å²) in [6.45, 7) is 0.213. The first-order chi connectivity index (χ1) is 11.2. The number of hydrogen-bond donors (Lipinski definition) is 0. The number of imide groups is 1. The van der Waals surface area contributed by atoms with Crippen molar-refractivity contribution in [3.63, 3.8) is 0 Å². The quantitative estimate of drug-likeness (QED) is 0.365. The molecule has 23 heavy (non-hydrogen) atoms. The van der Waals surface area contributed by atoms with Gasteiger partial charge in [-0.05, 0) is 29.6 Å². The fourth-order valence-electron chi connectivity index (χ4n) is 2.72. The number of azide groups is 1. The molecule has 3 rings (SSSR count). The molecular weight excluding hydrogens is 292 g/mol. The van der Waals surface area contributed by atoms with Gasteiger partial charge in [0.1, 0.15) is 0 Å². The molecule has 0 N–H and O–H groups in total. The predicted octanol–water partition coefficient (Wildman–Crippen LogP) is 3.72. The molecule has 0 aliphatic carbocycles. The molecule has 1 aliphatic heterocycles. The van der Waals surface area contributed by atoms with Crippen molar-refractivity contribution in [2.24, 2.45) is 5.11 Å². The molecule has 2 aromatic carbocycles. The van der Waals surface area contributed by atoms with Gasteiger partial charge in [0.05, 0.1) is 17.2 Å². The average molecular weight is 306 g/mol. The topological polar surface area (TPSA) is 86.1 Å². The Labute approximate surface area is 133 Å². The van der Waals surface area contributed by atoms with Gasteiger partial charge in [-0.25, -0.2) is 0 Å². The van der Waals surface area contributed by atoms with Crippen molar-refractivity contribution in [1.29, 1.82) is 0 Å². The summed E-state index contributed by atoms with van der Waals surface area (Å²) in [4.78, 5) is 28.7. The van der Waals surface area contributed by atoms with Crippen molar-refractivity contribution in [1.82, 2.24) is 4.90 Å². The van der Waals surface area contributed by atoms with Crippen molar-refractivity contribution in [3.8, 4) is 0 Å². The number of benzene rings is 2. The second kappa shape index (κ2) is 6.34. The van der Waals surface area contributed by atoms with Crippen LogP contribution in [0.2, 0.25) is 0 Å². The van der Waals surface area contributed by atoms with Gasteiger partial charge < -0.3 is 0 Å². The first-order valence-corrected chi connectivity index (χ1v) is 7.26. The normalized spacial score (nSPS) is 14.3. The SMILES string of the molecule is [N-]=[N+]=NC(CCN1C(=O)c2ccccc2C1=O)c1ccccc1. The third kappa shape index (κ3) is 2.80. The zero-order valence-electron chi connectivity index (χ0n) is 12.3. The summed E-state index contributed by atoms with van der Waals surface area (Å²) in [5, 5.41) is 3.79. The van der Waals surface area contributed by atoms with Crippen molar-refractivity contribution in [2.75, 3.05) is 6.54 Å². The molecule has 0 saturated heterocycles. The van der Waals surface area contributed by atoms with E-state index < -0.39 is 6.04 Å². The summed E-state index contributed by atoms with van der Waals surface area (Å²) in [6.07, 6.45) is 0.388. The highest BCUT2D eigenvalue weighted by atomic mass is 16.2. The molecule has 6 nitrogen and oxygen atoms in total. The summed E-state index contributed by atoms with van der Waals surface area (Å²) in [6, 6.07) is 15.7. The molecule has 1 unspecified atom stereocenters. The number of nitrogens with zero attached hydrogens (tertiary/aromatic N) is 4. The molecule has 0 fully saturated rings. The number of carbonyl (C=O) groups is 2. The van der Waals surface area contributed by atoms with Crippen LogP contribution >= 0.6 is 0 Å². The van der Waals surface area contributed by atoms with Crippen LogP contribution in [0.5, 0.6) is 0 Å². The zero-order valence-corrected chi connectivity index (χ0v) is 12.3. The predicted molar refractivity (Wildman–Crippen MR) is 84.8 cm³/mol. The molecule has 0 bridgehead atoms. The Bertz CT molecular complexity index is 762. The van der Waals surface area contributed by atoms with E-state index in [1.165, 1.54) is 4.90 Å². The third-order valence-corrected chi connectivity index (χ3v) is 3.88. The lowest BCUT2D eigenvalue weighted by Crippen LogP contribution is -2.31. The van der Waals surface area contributed by atoms with Crippen molar-refractivity contribution in [2.45, 2.75) is 12.5 Å². The molecule has 0 radical (unpaired) electrons. The van der Waals surface area contributed by atoms with Crippen LogP contribution in [0.3, 0.4) is 0 Å². The van der Waals surface area contributed by atoms with Crippen molar-refractivity contribution >= 4 is 11.8 Å². The minimum atomic E-state index is -0.412. The Balaban J connectivity index is 1.77. The van der Waals surface area contributed by atoms with Crippen LogP contribution < -0.4 is 0 Å². The second-order valence-corrected chi connectivity index (χ2v) is 5.23. The number of hydrogen-bond acceptors (Lipinski definition) is 3. The fraction of sp³-hybridized carbons (Fsp3) is 0.176. The molecule has 1 heterocycles. The molecule has 0 saturated carbocycles. The highest BCUT2D eigenvalue weighted by Crippen LogP contribution is 2.26. The van der Waals surface area contributed by atoms with E-state index in [2.05, 4.69) is 10.0 Å². The first kappa shape index (κ1) is 14.8. The van der Waals surface area contributed by atoms with Gasteiger partial charge in [0.15, 0.2) is 0 Å². The Hall–Kier alpha value is -3.11. The maximum Gasteiger partial charge on any atom is 0.261 e. The number of fused-ring (bicyclic) bond motifs is 1. The van der Waals surface area contributed by atoms with Gasteiger partial charge >= 0.3 is 0 Å². The molecule has 0 aromatic heterocycles. The van der Waals surface area contributed by atoms with Gasteiger partial charge in [0, 0.05) is 11.5 Å². The van der Waals surface area contributed by atoms with Crippen molar-refractivity contribution in [3.05, 3.63) is 81.7 Å². The number of carbonyl (C=O) groups excluding carboxylic acids is 2. The maximum atomic E-state index is 12.3. The summed E-state index contributed by atoms with van der Waals surface area (Å²) >= 11 is 0. The Morgan fingerprint density at radius 2 is 1.52 bits per heavy atom. The smallest absolute Gasteiger partial charge is 0.261 e. The molecular formula is C17H14N4O2. The molecule has 0 spiro atoms. The standard InChI is InChI=1S/C17H14N4O2/c18-20-19-15(12-6-2-1-3-7-12)10-11-21-16(22)13-8-4-5-9-14(13)17(21)23/h1-9,15H,10-11H2. The van der Waals surface area contributed by atoms with Crippen LogP contribution in [0.15, 0.2) is 59.7 Å². The zero-order chi connectivity index (χ0) is 16.2. The molecule has 114 valence electrons. The lowest BCUT2D eigenvalue weighted by Gasteiger charge is -2.17. The van der Waals surface area contributed by atoms with Crippen molar-refractivity contribution < 1.29 is 9.59 Å². The molecule has 6 heteroatoms. The van der Waals surface area contributed by atoms with E-state index in [9.17, 15) is 9.59 Å². The monoisotopic (exact) mass is 306 g/mol. The minimum Gasteiger partial charge on any atom is -0.274 e. The lowest BCUT2D eigenvalue weighted by molar-refractivity contribution is 0.0650. The van der Waals surface area contributed by atoms with Crippen LogP contribution in [-0.4, -0.2) is 23.3 Å². The lowest BCUT2D eigenvalue weighted by atomic mass is 10.0. The maximum absolute atomic E-state index is 12.3. The Morgan fingerprint density at radius 1 is 0.957 bits per heavy atom. The van der Waals surface area contributed by atoms with E-state index >= 15 is 0 Å². The number of rotatable bonds is 5. The van der Waals surface area contributed by atoms with E-state index in [1.54, 1.807) is 24.3 Å².